The monoisotopic (exact) mass is 600 g/mol. The molecule has 4 rings (SSSR count). The summed E-state index contributed by atoms with van der Waals surface area (Å²) in [5, 5.41) is 0. The average molecular weight is 602 g/mol. The maximum absolute atomic E-state index is 2.47. The van der Waals surface area contributed by atoms with Gasteiger partial charge in [-0.05, 0) is 0 Å². The number of hydrogen-bond acceptors (Lipinski definition) is 0. The third kappa shape index (κ3) is 6.06. The summed E-state index contributed by atoms with van der Waals surface area (Å²) in [5.41, 5.74) is 13.1. The summed E-state index contributed by atoms with van der Waals surface area (Å²) in [7, 11) is 0. The summed E-state index contributed by atoms with van der Waals surface area (Å²) in [5.74, 6) is 0. The molecule has 1 aliphatic rings. The zero-order valence-electron chi connectivity index (χ0n) is 24.1. The Bertz CT molecular complexity index is 1170. The molecule has 0 bridgehead atoms. The molecule has 0 N–H and O–H groups in total. The first-order chi connectivity index (χ1) is 16.3. The second-order valence-electron chi connectivity index (χ2n) is 11.9. The maximum atomic E-state index is 2.47. The Morgan fingerprint density at radius 3 is 1.08 bits per heavy atom. The summed E-state index contributed by atoms with van der Waals surface area (Å²) >= 11 is 2.47. The molecule has 0 heterocycles. The van der Waals surface area contributed by atoms with E-state index < -0.39 is 0 Å². The van der Waals surface area contributed by atoms with E-state index in [-0.39, 0.29) is 51.8 Å². The number of aryl methyl sites for hydroxylation is 6. The number of halogens is 3. The zero-order valence-corrected chi connectivity index (χ0v) is 27.9. The Hall–Kier alpha value is -1.28. The fourth-order valence-corrected chi connectivity index (χ4v) is 7.98. The van der Waals surface area contributed by atoms with Crippen LogP contribution in [0.4, 0.5) is 0 Å². The van der Waals surface area contributed by atoms with Crippen molar-refractivity contribution in [3.8, 4) is 0 Å². The van der Waals surface area contributed by atoms with E-state index >= 15 is 0 Å². The van der Waals surface area contributed by atoms with Crippen LogP contribution in [-0.2, 0) is 25.9 Å². The molecule has 1 atom stereocenters. The largest absolute Gasteiger partial charge is 1.00 e. The van der Waals surface area contributed by atoms with Crippen molar-refractivity contribution in [1.29, 1.82) is 0 Å². The van der Waals surface area contributed by atoms with E-state index in [4.69, 9.17) is 0 Å². The molecule has 200 valence electrons. The third-order valence-electron chi connectivity index (χ3n) is 7.40. The van der Waals surface area contributed by atoms with Gasteiger partial charge in [0.25, 0.3) is 0 Å². The normalized spacial score (nSPS) is 16.8. The van der Waals surface area contributed by atoms with Crippen molar-refractivity contribution in [2.75, 3.05) is 0 Å². The molecule has 3 aromatic carbocycles. The molecule has 0 saturated heterocycles. The quantitative estimate of drug-likeness (QED) is 0.295. The van der Waals surface area contributed by atoms with Crippen LogP contribution in [0.3, 0.4) is 0 Å². The van der Waals surface area contributed by atoms with Crippen molar-refractivity contribution in [3.05, 3.63) is 128 Å². The minimum absolute atomic E-state index is 0. The van der Waals surface area contributed by atoms with E-state index in [1.165, 1.54) is 55.6 Å². The van der Waals surface area contributed by atoms with Gasteiger partial charge in [-0.25, -0.2) is 0 Å². The van der Waals surface area contributed by atoms with E-state index in [9.17, 15) is 0 Å². The first-order valence-corrected chi connectivity index (χ1v) is 13.5. The van der Waals surface area contributed by atoms with Crippen molar-refractivity contribution in [1.82, 2.24) is 0 Å². The SMILES string of the molecule is Cc1cc(C)cc(C(c2cc(C)cc(C)c2)(c2cc(C)cc(C)c2)[C]2([Ti+3])C=CC=C2C(C)(C)C)c1.[Cl-].[Cl-].[Cl-]. The maximum Gasteiger partial charge on any atom is -1.00 e. The third-order valence-corrected chi connectivity index (χ3v) is 8.66. The van der Waals surface area contributed by atoms with Gasteiger partial charge in [0.2, 0.25) is 0 Å². The van der Waals surface area contributed by atoms with Crippen LogP contribution < -0.4 is 37.2 Å². The van der Waals surface area contributed by atoms with E-state index in [0.29, 0.717) is 0 Å². The molecule has 0 aliphatic heterocycles. The van der Waals surface area contributed by atoms with Gasteiger partial charge in [-0.1, -0.05) is 0 Å². The minimum atomic E-state index is -0.385. The topological polar surface area (TPSA) is 0 Å². The molecule has 0 radical (unpaired) electrons. The van der Waals surface area contributed by atoms with Gasteiger partial charge in [0, 0.05) is 0 Å². The molecule has 3 aromatic rings. The minimum Gasteiger partial charge on any atom is -1.00 e. The van der Waals surface area contributed by atoms with Crippen molar-refractivity contribution in [2.24, 2.45) is 5.41 Å². The molecule has 0 saturated carbocycles. The van der Waals surface area contributed by atoms with Gasteiger partial charge < -0.3 is 37.2 Å². The van der Waals surface area contributed by atoms with E-state index in [0.717, 1.165) is 0 Å². The fraction of sp³-hybridized carbons (Fsp3) is 0.353. The Morgan fingerprint density at radius 1 is 0.526 bits per heavy atom. The number of hydrogen-bond donors (Lipinski definition) is 0. The summed E-state index contributed by atoms with van der Waals surface area (Å²) in [6, 6.07) is 21.5. The first kappa shape index (κ1) is 34.8. The number of allylic oxidation sites excluding steroid dienone is 4. The van der Waals surface area contributed by atoms with Crippen molar-refractivity contribution < 1.29 is 57.7 Å². The summed E-state index contributed by atoms with van der Waals surface area (Å²) < 4.78 is -0.244. The van der Waals surface area contributed by atoms with Crippen LogP contribution in [0.5, 0.6) is 0 Å². The van der Waals surface area contributed by atoms with E-state index in [1.807, 2.05) is 0 Å². The molecule has 0 nitrogen and oxygen atoms in total. The fourth-order valence-electron chi connectivity index (χ4n) is 6.43. The second kappa shape index (κ2) is 12.5. The Morgan fingerprint density at radius 2 is 0.816 bits per heavy atom. The van der Waals surface area contributed by atoms with Crippen LogP contribution in [0.2, 0.25) is 3.72 Å². The molecule has 0 aromatic heterocycles. The average Bonchev–Trinajstić information content (AvgIpc) is 3.09. The van der Waals surface area contributed by atoms with Crippen LogP contribution in [0.15, 0.2) is 78.4 Å². The Kier molecular flexibility index (Phi) is 11.4. The van der Waals surface area contributed by atoms with Gasteiger partial charge >= 0.3 is 226 Å². The second-order valence-corrected chi connectivity index (χ2v) is 13.1. The predicted octanol–water partition coefficient (Wildman–Crippen LogP) is 0.131. The molecule has 0 spiro atoms. The first-order valence-electron chi connectivity index (χ1n) is 12.7. The van der Waals surface area contributed by atoms with E-state index in [1.54, 1.807) is 0 Å². The molecule has 1 unspecified atom stereocenters. The molecule has 0 amide bonds. The zero-order chi connectivity index (χ0) is 25.8. The Labute approximate surface area is 261 Å². The van der Waals surface area contributed by atoms with Crippen LogP contribution in [-0.4, -0.2) is 0 Å². The van der Waals surface area contributed by atoms with Gasteiger partial charge in [0.1, 0.15) is 0 Å². The van der Waals surface area contributed by atoms with Crippen LogP contribution in [0.1, 0.15) is 70.8 Å². The van der Waals surface area contributed by atoms with Crippen molar-refractivity contribution >= 4 is 0 Å². The van der Waals surface area contributed by atoms with Crippen molar-refractivity contribution in [3.63, 3.8) is 0 Å². The summed E-state index contributed by atoms with van der Waals surface area (Å²) in [6.45, 7) is 20.5. The molecule has 4 heteroatoms. The number of benzene rings is 3. The van der Waals surface area contributed by atoms with Gasteiger partial charge in [0.05, 0.1) is 0 Å². The van der Waals surface area contributed by atoms with E-state index in [2.05, 4.69) is 156 Å². The smallest absolute Gasteiger partial charge is 1.00 e. The van der Waals surface area contributed by atoms with Gasteiger partial charge in [-0.3, -0.25) is 0 Å². The van der Waals surface area contributed by atoms with Crippen LogP contribution >= 0.6 is 0 Å². The molecule has 38 heavy (non-hydrogen) atoms. The molecular weight excluding hydrogens is 563 g/mol. The van der Waals surface area contributed by atoms with Crippen LogP contribution in [0.25, 0.3) is 0 Å². The van der Waals surface area contributed by atoms with Crippen molar-refractivity contribution in [2.45, 2.75) is 71.4 Å². The number of rotatable bonds is 4. The standard InChI is InChI=1S/C34H39.3ClH.Ti/c1-22-13-23(2)17-28(16-22)34(29-18-24(3)14-25(4)19-29,30-20-26(5)15-27(6)21-30)32-12-10-11-31(32)33(7,8)9;;;;/h10-21H,1-9H3;3*1H;/q;;;;+3/p-3. The van der Waals surface area contributed by atoms with Crippen LogP contribution in [0, 0.1) is 47.0 Å². The predicted molar refractivity (Wildman–Crippen MR) is 147 cm³/mol. The molecular formula is C34H39Cl3Ti. The summed E-state index contributed by atoms with van der Waals surface area (Å²) in [6.07, 6.45) is 7.15. The van der Waals surface area contributed by atoms with Gasteiger partial charge in [-0.2, -0.15) is 0 Å². The Balaban J connectivity index is 0.00000241. The van der Waals surface area contributed by atoms with Gasteiger partial charge in [-0.15, -0.1) is 0 Å². The molecule has 0 fully saturated rings. The summed E-state index contributed by atoms with van der Waals surface area (Å²) in [4.78, 5) is 0. The molecule has 1 aliphatic carbocycles. The van der Waals surface area contributed by atoms with Gasteiger partial charge in [0.15, 0.2) is 0 Å².